The van der Waals surface area contributed by atoms with Crippen molar-refractivity contribution < 1.29 is 19.4 Å². The van der Waals surface area contributed by atoms with Crippen LogP contribution in [0.2, 0.25) is 0 Å². The Morgan fingerprint density at radius 1 is 1.38 bits per heavy atom. The molecule has 0 amide bonds. The largest absolute Gasteiger partial charge is 0.480 e. The highest BCUT2D eigenvalue weighted by Crippen LogP contribution is 2.31. The van der Waals surface area contributed by atoms with Gasteiger partial charge in [0.15, 0.2) is 0 Å². The number of ether oxygens (including phenoxy) is 1. The molecule has 2 rings (SSSR count). The first-order valence-electron chi connectivity index (χ1n) is 8.07. The summed E-state index contributed by atoms with van der Waals surface area (Å²) in [5.41, 5.74) is 6.26. The topological polar surface area (TPSA) is 106 Å². The summed E-state index contributed by atoms with van der Waals surface area (Å²) in [6.45, 7) is 5.91. The summed E-state index contributed by atoms with van der Waals surface area (Å²) in [4.78, 5) is 29.8. The molecule has 3 N–H and O–H groups in total. The number of piperidine rings is 1. The van der Waals surface area contributed by atoms with Crippen LogP contribution in [0.3, 0.4) is 0 Å². The molecule has 1 aromatic heterocycles. The Kier molecular flexibility index (Phi) is 5.56. The predicted molar refractivity (Wildman–Crippen MR) is 87.9 cm³/mol. The molecule has 3 unspecified atom stereocenters. The average molecular weight is 335 g/mol. The molecule has 1 saturated heterocycles. The van der Waals surface area contributed by atoms with Crippen LogP contribution < -0.4 is 5.73 Å². The van der Waals surface area contributed by atoms with E-state index in [0.717, 1.165) is 0 Å². The molecule has 1 fully saturated rings. The molecule has 3 atom stereocenters. The lowest BCUT2D eigenvalue weighted by atomic mass is 9.91. The van der Waals surface area contributed by atoms with Crippen molar-refractivity contribution in [3.8, 4) is 0 Å². The quantitative estimate of drug-likeness (QED) is 0.804. The maximum absolute atomic E-state index is 12.4. The maximum Gasteiger partial charge on any atom is 0.325 e. The van der Waals surface area contributed by atoms with Crippen LogP contribution in [-0.2, 0) is 14.3 Å². The fraction of sp³-hybridized carbons (Fsp3) is 0.588. The number of pyridine rings is 1. The summed E-state index contributed by atoms with van der Waals surface area (Å²) in [6, 6.07) is 2.40. The summed E-state index contributed by atoms with van der Waals surface area (Å²) in [5, 5.41) is 9.67. The van der Waals surface area contributed by atoms with Crippen LogP contribution in [0.5, 0.6) is 0 Å². The monoisotopic (exact) mass is 335 g/mol. The number of rotatable bonds is 4. The first kappa shape index (κ1) is 18.4. The third-order valence-electron chi connectivity index (χ3n) is 4.02. The van der Waals surface area contributed by atoms with Gasteiger partial charge in [-0.2, -0.15) is 0 Å². The molecule has 1 aliphatic rings. The molecule has 1 aromatic rings. The SMILES string of the molecule is CC(C)(C)OC(=O)C1CCCN(C(C(=O)O)c2ccncc2)C1N. The Bertz CT molecular complexity index is 585. The van der Waals surface area contributed by atoms with Crippen molar-refractivity contribution in [2.75, 3.05) is 6.54 Å². The molecule has 2 heterocycles. The molecule has 1 aliphatic heterocycles. The number of nitrogens with zero attached hydrogens (tertiary/aromatic N) is 2. The number of esters is 1. The maximum atomic E-state index is 12.4. The van der Waals surface area contributed by atoms with Crippen LogP contribution in [0, 0.1) is 5.92 Å². The minimum Gasteiger partial charge on any atom is -0.480 e. The number of carbonyl (C=O) groups excluding carboxylic acids is 1. The highest BCUT2D eigenvalue weighted by Gasteiger charge is 2.41. The van der Waals surface area contributed by atoms with E-state index in [9.17, 15) is 14.7 Å². The molecular weight excluding hydrogens is 310 g/mol. The van der Waals surface area contributed by atoms with Crippen LogP contribution >= 0.6 is 0 Å². The lowest BCUT2D eigenvalue weighted by Crippen LogP contribution is -2.56. The van der Waals surface area contributed by atoms with E-state index in [4.69, 9.17) is 10.5 Å². The number of hydrogen-bond acceptors (Lipinski definition) is 6. The van der Waals surface area contributed by atoms with E-state index in [1.807, 2.05) is 0 Å². The van der Waals surface area contributed by atoms with Gasteiger partial charge < -0.3 is 15.6 Å². The normalized spacial score (nSPS) is 23.5. The fourth-order valence-corrected chi connectivity index (χ4v) is 3.00. The zero-order valence-corrected chi connectivity index (χ0v) is 14.3. The highest BCUT2D eigenvalue weighted by atomic mass is 16.6. The van der Waals surface area contributed by atoms with Crippen molar-refractivity contribution in [1.82, 2.24) is 9.88 Å². The fourth-order valence-electron chi connectivity index (χ4n) is 3.00. The summed E-state index contributed by atoms with van der Waals surface area (Å²) in [7, 11) is 0. The summed E-state index contributed by atoms with van der Waals surface area (Å²) in [5.74, 6) is -1.92. The number of aromatic nitrogens is 1. The van der Waals surface area contributed by atoms with Gasteiger partial charge in [0.2, 0.25) is 0 Å². The molecule has 0 bridgehead atoms. The van der Waals surface area contributed by atoms with Crippen LogP contribution in [0.25, 0.3) is 0 Å². The van der Waals surface area contributed by atoms with Gasteiger partial charge in [-0.3, -0.25) is 19.5 Å². The second-order valence-corrected chi connectivity index (χ2v) is 7.03. The third-order valence-corrected chi connectivity index (χ3v) is 4.02. The zero-order chi connectivity index (χ0) is 17.9. The van der Waals surface area contributed by atoms with E-state index in [-0.39, 0.29) is 5.97 Å². The molecule has 7 nitrogen and oxygen atoms in total. The molecule has 132 valence electrons. The molecule has 0 aromatic carbocycles. The minimum absolute atomic E-state index is 0.376. The minimum atomic E-state index is -0.999. The second-order valence-electron chi connectivity index (χ2n) is 7.03. The van der Waals surface area contributed by atoms with E-state index in [1.54, 1.807) is 50.2 Å². The average Bonchev–Trinajstić information content (AvgIpc) is 2.48. The zero-order valence-electron chi connectivity index (χ0n) is 14.3. The van der Waals surface area contributed by atoms with Gasteiger partial charge in [-0.25, -0.2) is 0 Å². The number of nitrogens with two attached hydrogens (primary N) is 1. The van der Waals surface area contributed by atoms with Crippen molar-refractivity contribution in [3.05, 3.63) is 30.1 Å². The first-order chi connectivity index (χ1) is 11.2. The Labute approximate surface area is 141 Å². The van der Waals surface area contributed by atoms with E-state index in [2.05, 4.69) is 4.98 Å². The van der Waals surface area contributed by atoms with Crippen LogP contribution in [-0.4, -0.2) is 45.2 Å². The molecule has 0 spiro atoms. The second kappa shape index (κ2) is 7.27. The van der Waals surface area contributed by atoms with Crippen LogP contribution in [0.1, 0.15) is 45.2 Å². The number of hydrogen-bond donors (Lipinski definition) is 2. The van der Waals surface area contributed by atoms with Gasteiger partial charge in [-0.15, -0.1) is 0 Å². The third kappa shape index (κ3) is 4.30. The van der Waals surface area contributed by atoms with Crippen molar-refractivity contribution >= 4 is 11.9 Å². The Balaban J connectivity index is 2.23. The summed E-state index contributed by atoms with van der Waals surface area (Å²) < 4.78 is 5.44. The lowest BCUT2D eigenvalue weighted by Gasteiger charge is -2.41. The van der Waals surface area contributed by atoms with Crippen molar-refractivity contribution in [3.63, 3.8) is 0 Å². The lowest BCUT2D eigenvalue weighted by molar-refractivity contribution is -0.167. The summed E-state index contributed by atoms with van der Waals surface area (Å²) in [6.07, 6.45) is 3.67. The van der Waals surface area contributed by atoms with Crippen LogP contribution in [0.4, 0.5) is 0 Å². The highest BCUT2D eigenvalue weighted by molar-refractivity contribution is 5.77. The van der Waals surface area contributed by atoms with Gasteiger partial charge in [0.25, 0.3) is 0 Å². The predicted octanol–water partition coefficient (Wildman–Crippen LogP) is 1.55. The number of aliphatic carboxylic acids is 1. The van der Waals surface area contributed by atoms with E-state index >= 15 is 0 Å². The number of carbonyl (C=O) groups is 2. The van der Waals surface area contributed by atoms with Crippen molar-refractivity contribution in [1.29, 1.82) is 0 Å². The molecule has 7 heteroatoms. The van der Waals surface area contributed by atoms with Crippen molar-refractivity contribution in [2.24, 2.45) is 11.7 Å². The number of carboxylic acids is 1. The molecule has 0 aliphatic carbocycles. The van der Waals surface area contributed by atoms with E-state index in [1.165, 1.54) is 0 Å². The van der Waals surface area contributed by atoms with Gasteiger partial charge >= 0.3 is 11.9 Å². The van der Waals surface area contributed by atoms with Crippen LogP contribution in [0.15, 0.2) is 24.5 Å². The van der Waals surface area contributed by atoms with Gasteiger partial charge in [-0.1, -0.05) is 0 Å². The smallest absolute Gasteiger partial charge is 0.325 e. The van der Waals surface area contributed by atoms with Gasteiger partial charge in [-0.05, 0) is 51.3 Å². The number of carboxylic acid groups (broad SMARTS) is 1. The molecule has 24 heavy (non-hydrogen) atoms. The molecule has 0 saturated carbocycles. The Morgan fingerprint density at radius 3 is 2.54 bits per heavy atom. The molecule has 0 radical (unpaired) electrons. The van der Waals surface area contributed by atoms with Gasteiger partial charge in [0.1, 0.15) is 11.6 Å². The Morgan fingerprint density at radius 2 is 2.00 bits per heavy atom. The Hall–Kier alpha value is -1.99. The van der Waals surface area contributed by atoms with E-state index in [0.29, 0.717) is 24.9 Å². The van der Waals surface area contributed by atoms with Gasteiger partial charge in [0.05, 0.1) is 12.1 Å². The van der Waals surface area contributed by atoms with E-state index < -0.39 is 29.7 Å². The standard InChI is InChI=1S/C17H25N3O4/c1-17(2,3)24-16(23)12-5-4-10-20(14(12)18)13(15(21)22)11-6-8-19-9-7-11/h6-9,12-14H,4-5,10,18H2,1-3H3,(H,21,22). The summed E-state index contributed by atoms with van der Waals surface area (Å²) >= 11 is 0. The first-order valence-corrected chi connectivity index (χ1v) is 8.07. The number of likely N-dealkylation sites (tertiary alicyclic amines) is 1. The van der Waals surface area contributed by atoms with Crippen molar-refractivity contribution in [2.45, 2.75) is 51.4 Å². The molecular formula is C17H25N3O4. The van der Waals surface area contributed by atoms with Gasteiger partial charge in [0, 0.05) is 18.9 Å².